The number of carbonyl (C=O) groups excluding carboxylic acids is 1. The second-order valence-corrected chi connectivity index (χ2v) is 9.35. The molecule has 0 atom stereocenters. The summed E-state index contributed by atoms with van der Waals surface area (Å²) in [6.07, 6.45) is 3.43. The normalized spacial score (nSPS) is 10.8. The van der Waals surface area contributed by atoms with E-state index < -0.39 is 5.97 Å². The van der Waals surface area contributed by atoms with Crippen molar-refractivity contribution in [2.75, 3.05) is 6.61 Å². The summed E-state index contributed by atoms with van der Waals surface area (Å²) in [7, 11) is 0. The van der Waals surface area contributed by atoms with E-state index in [1.54, 1.807) is 31.5 Å². The quantitative estimate of drug-likeness (QED) is 0.262. The summed E-state index contributed by atoms with van der Waals surface area (Å²) in [4.78, 5) is 45.3. The molecule has 6 heterocycles. The van der Waals surface area contributed by atoms with Crippen LogP contribution < -0.4 is 0 Å². The van der Waals surface area contributed by atoms with Crippen LogP contribution in [0.1, 0.15) is 27.9 Å². The van der Waals surface area contributed by atoms with Gasteiger partial charge in [0.1, 0.15) is 32.7 Å². The molecule has 0 unspecified atom stereocenters. The van der Waals surface area contributed by atoms with Crippen molar-refractivity contribution < 1.29 is 19.4 Å². The maximum Gasteiger partial charge on any atom is 0.354 e. The van der Waals surface area contributed by atoms with Crippen molar-refractivity contribution in [1.82, 2.24) is 29.9 Å². The number of carboxylic acid groups (broad SMARTS) is 1. The van der Waals surface area contributed by atoms with Gasteiger partial charge in [-0.05, 0) is 43.3 Å². The maximum absolute atomic E-state index is 11.6. The zero-order valence-electron chi connectivity index (χ0n) is 18.8. The van der Waals surface area contributed by atoms with Gasteiger partial charge in [0, 0.05) is 12.4 Å². The van der Waals surface area contributed by atoms with Gasteiger partial charge in [-0.25, -0.2) is 19.6 Å². The van der Waals surface area contributed by atoms with Crippen LogP contribution in [0.2, 0.25) is 0 Å². The first-order valence-corrected chi connectivity index (χ1v) is 12.4. The summed E-state index contributed by atoms with van der Waals surface area (Å²) in [5, 5.41) is 10.4. The molecular formula is C24H18N6O4S2. The fourth-order valence-electron chi connectivity index (χ4n) is 3.26. The number of ether oxygens (including phenoxy) is 1. The van der Waals surface area contributed by atoms with E-state index in [0.29, 0.717) is 23.6 Å². The number of esters is 1. The van der Waals surface area contributed by atoms with Crippen molar-refractivity contribution in [3.05, 3.63) is 72.3 Å². The Balaban J connectivity index is 0.000000149. The second-order valence-electron chi connectivity index (χ2n) is 7.29. The molecule has 6 aromatic heterocycles. The first-order chi connectivity index (χ1) is 17.5. The molecule has 0 aromatic carbocycles. The standard InChI is InChI=1S/C13H11N3O2S.C11H7N3O2S/c1-2-18-13(17)9-7-10-11(15-9)16-12(19-10)8-5-3-4-6-14-8;15-11(16)7-5-8-9(13-7)14-10(17-8)6-3-1-2-4-12-6/h3-7,15H,2H2,1H3;1-5,13H,(H,15,16). The Labute approximate surface area is 211 Å². The van der Waals surface area contributed by atoms with Gasteiger partial charge in [-0.3, -0.25) is 9.97 Å². The summed E-state index contributed by atoms with van der Waals surface area (Å²) in [5.41, 5.74) is 3.49. The van der Waals surface area contributed by atoms with Crippen molar-refractivity contribution in [3.8, 4) is 21.4 Å². The van der Waals surface area contributed by atoms with Gasteiger partial charge in [-0.2, -0.15) is 0 Å². The molecule has 0 amide bonds. The third kappa shape index (κ3) is 4.85. The number of aromatic amines is 2. The number of pyridine rings is 2. The Kier molecular flexibility index (Phi) is 6.52. The highest BCUT2D eigenvalue weighted by Crippen LogP contribution is 2.30. The number of hydrogen-bond donors (Lipinski definition) is 3. The molecule has 0 radical (unpaired) electrons. The molecule has 36 heavy (non-hydrogen) atoms. The lowest BCUT2D eigenvalue weighted by Crippen LogP contribution is -2.04. The first kappa shape index (κ1) is 23.3. The molecule has 180 valence electrons. The third-order valence-corrected chi connectivity index (χ3v) is 6.91. The van der Waals surface area contributed by atoms with Gasteiger partial charge in [0.15, 0.2) is 0 Å². The number of fused-ring (bicyclic) bond motifs is 2. The zero-order valence-corrected chi connectivity index (χ0v) is 20.4. The number of H-pyrrole nitrogens is 2. The largest absolute Gasteiger partial charge is 0.477 e. The van der Waals surface area contributed by atoms with Gasteiger partial charge < -0.3 is 19.8 Å². The molecular weight excluding hydrogens is 500 g/mol. The zero-order chi connectivity index (χ0) is 25.1. The number of carboxylic acids is 1. The highest BCUT2D eigenvalue weighted by molar-refractivity contribution is 7.22. The topological polar surface area (TPSA) is 147 Å². The molecule has 0 saturated carbocycles. The van der Waals surface area contributed by atoms with Gasteiger partial charge in [-0.15, -0.1) is 22.7 Å². The average Bonchev–Trinajstić information content (AvgIpc) is 3.65. The van der Waals surface area contributed by atoms with E-state index in [1.165, 1.54) is 22.7 Å². The minimum Gasteiger partial charge on any atom is -0.477 e. The number of aromatic carboxylic acids is 1. The van der Waals surface area contributed by atoms with Gasteiger partial charge >= 0.3 is 11.9 Å². The van der Waals surface area contributed by atoms with Crippen molar-refractivity contribution in [2.24, 2.45) is 0 Å². The number of thiazole rings is 2. The molecule has 0 fully saturated rings. The Morgan fingerprint density at radius 2 is 1.39 bits per heavy atom. The summed E-state index contributed by atoms with van der Waals surface area (Å²) < 4.78 is 6.68. The summed E-state index contributed by atoms with van der Waals surface area (Å²) in [5.74, 6) is -1.33. The molecule has 0 aliphatic carbocycles. The van der Waals surface area contributed by atoms with E-state index in [9.17, 15) is 9.59 Å². The van der Waals surface area contributed by atoms with Crippen molar-refractivity contribution >= 4 is 55.3 Å². The van der Waals surface area contributed by atoms with E-state index in [0.717, 1.165) is 30.8 Å². The van der Waals surface area contributed by atoms with Crippen LogP contribution in [-0.2, 0) is 4.74 Å². The van der Waals surface area contributed by atoms with E-state index in [4.69, 9.17) is 9.84 Å². The van der Waals surface area contributed by atoms with Crippen molar-refractivity contribution in [2.45, 2.75) is 6.92 Å². The molecule has 10 nitrogen and oxygen atoms in total. The molecule has 3 N–H and O–H groups in total. The molecule has 0 bridgehead atoms. The molecule has 0 saturated heterocycles. The maximum atomic E-state index is 11.6. The fourth-order valence-corrected chi connectivity index (χ4v) is 5.14. The number of nitrogens with zero attached hydrogens (tertiary/aromatic N) is 4. The monoisotopic (exact) mass is 518 g/mol. The Morgan fingerprint density at radius 1 is 0.861 bits per heavy atom. The van der Waals surface area contributed by atoms with Crippen LogP contribution in [0.3, 0.4) is 0 Å². The molecule has 0 spiro atoms. The van der Waals surface area contributed by atoms with Crippen LogP contribution in [0.4, 0.5) is 0 Å². The van der Waals surface area contributed by atoms with E-state index in [-0.39, 0.29) is 11.7 Å². The minimum atomic E-state index is -0.977. The minimum absolute atomic E-state index is 0.159. The number of carbonyl (C=O) groups is 2. The Bertz CT molecular complexity index is 1590. The molecule has 6 rings (SSSR count). The summed E-state index contributed by atoms with van der Waals surface area (Å²) in [6, 6.07) is 14.6. The van der Waals surface area contributed by atoms with Gasteiger partial charge in [0.2, 0.25) is 0 Å². The Morgan fingerprint density at radius 3 is 1.83 bits per heavy atom. The van der Waals surface area contributed by atoms with Gasteiger partial charge in [0.05, 0.1) is 27.4 Å². The lowest BCUT2D eigenvalue weighted by Gasteiger charge is -1.97. The van der Waals surface area contributed by atoms with Gasteiger partial charge in [-0.1, -0.05) is 12.1 Å². The number of aromatic nitrogens is 6. The second kappa shape index (κ2) is 10.1. The van der Waals surface area contributed by atoms with Crippen molar-refractivity contribution in [3.63, 3.8) is 0 Å². The van der Waals surface area contributed by atoms with E-state index >= 15 is 0 Å². The average molecular weight is 519 g/mol. The lowest BCUT2D eigenvalue weighted by atomic mass is 10.4. The predicted octanol–water partition coefficient (Wildman–Crippen LogP) is 5.25. The summed E-state index contributed by atoms with van der Waals surface area (Å²) >= 11 is 2.91. The molecule has 6 aromatic rings. The molecule has 0 aliphatic heterocycles. The van der Waals surface area contributed by atoms with E-state index in [2.05, 4.69) is 29.9 Å². The van der Waals surface area contributed by atoms with Crippen LogP contribution in [-0.4, -0.2) is 53.6 Å². The Hall–Kier alpha value is -4.42. The predicted molar refractivity (Wildman–Crippen MR) is 137 cm³/mol. The van der Waals surface area contributed by atoms with Crippen LogP contribution in [0.15, 0.2) is 60.9 Å². The van der Waals surface area contributed by atoms with Crippen LogP contribution in [0, 0.1) is 0 Å². The highest BCUT2D eigenvalue weighted by atomic mass is 32.1. The summed E-state index contributed by atoms with van der Waals surface area (Å²) in [6.45, 7) is 2.14. The number of rotatable bonds is 5. The highest BCUT2D eigenvalue weighted by Gasteiger charge is 2.15. The van der Waals surface area contributed by atoms with Gasteiger partial charge in [0.25, 0.3) is 0 Å². The van der Waals surface area contributed by atoms with Crippen LogP contribution in [0.25, 0.3) is 42.1 Å². The van der Waals surface area contributed by atoms with Crippen molar-refractivity contribution in [1.29, 1.82) is 0 Å². The SMILES string of the molecule is CCOC(=O)c1cc2sc(-c3ccccn3)nc2[nH]1.O=C(O)c1cc2sc(-c3ccccn3)nc2[nH]1. The number of nitrogens with one attached hydrogen (secondary N) is 2. The fraction of sp³-hybridized carbons (Fsp3) is 0.0833. The molecule has 12 heteroatoms. The molecule has 0 aliphatic rings. The third-order valence-electron chi connectivity index (χ3n) is 4.86. The number of hydrogen-bond acceptors (Lipinski definition) is 9. The van der Waals surface area contributed by atoms with Crippen LogP contribution in [0.5, 0.6) is 0 Å². The smallest absolute Gasteiger partial charge is 0.354 e. The lowest BCUT2D eigenvalue weighted by molar-refractivity contribution is 0.0520. The first-order valence-electron chi connectivity index (χ1n) is 10.7. The van der Waals surface area contributed by atoms with E-state index in [1.807, 2.05) is 36.4 Å². The van der Waals surface area contributed by atoms with Crippen LogP contribution >= 0.6 is 22.7 Å².